The van der Waals surface area contributed by atoms with Crippen LogP contribution in [0.15, 0.2) is 96.6 Å². The fourth-order valence-electron chi connectivity index (χ4n) is 7.57. The van der Waals surface area contributed by atoms with Crippen molar-refractivity contribution in [3.8, 4) is 11.6 Å². The molecule has 1 saturated carbocycles. The van der Waals surface area contributed by atoms with Gasteiger partial charge in [0.1, 0.15) is 12.4 Å². The number of fused-ring (bicyclic) bond motifs is 2. The fraction of sp³-hybridized carbons (Fsp3) is 0.273. The minimum atomic E-state index is -0.564. The van der Waals surface area contributed by atoms with Crippen molar-refractivity contribution in [3.63, 3.8) is 0 Å². The van der Waals surface area contributed by atoms with Crippen LogP contribution in [0.2, 0.25) is 5.02 Å². The zero-order chi connectivity index (χ0) is 36.5. The van der Waals surface area contributed by atoms with E-state index in [1.54, 1.807) is 11.6 Å². The highest BCUT2D eigenvalue weighted by Crippen LogP contribution is 2.41. The topological polar surface area (TPSA) is 103 Å². The van der Waals surface area contributed by atoms with Crippen LogP contribution in [0.25, 0.3) is 17.8 Å². The van der Waals surface area contributed by atoms with Crippen molar-refractivity contribution in [2.45, 2.75) is 57.7 Å². The molecule has 5 aromatic rings. The number of nitrogen functional groups attached to an aromatic ring is 1. The molecule has 2 atom stereocenters. The lowest BCUT2D eigenvalue weighted by molar-refractivity contribution is 0.0522. The van der Waals surface area contributed by atoms with E-state index >= 15 is 0 Å². The molecular weight excluding hydrogens is 682 g/mol. The third-order valence-electron chi connectivity index (χ3n) is 10.5. The van der Waals surface area contributed by atoms with Crippen LogP contribution in [-0.2, 0) is 17.8 Å². The van der Waals surface area contributed by atoms with Gasteiger partial charge in [-0.15, -0.1) is 5.10 Å². The summed E-state index contributed by atoms with van der Waals surface area (Å²) in [5.74, 6) is -0.193. The molecule has 1 fully saturated rings. The van der Waals surface area contributed by atoms with Crippen molar-refractivity contribution < 1.29 is 14.3 Å². The Morgan fingerprint density at radius 1 is 0.925 bits per heavy atom. The molecular formula is C44H44ClN5O3. The Morgan fingerprint density at radius 2 is 1.74 bits per heavy atom. The monoisotopic (exact) mass is 725 g/mol. The van der Waals surface area contributed by atoms with Crippen molar-refractivity contribution >= 4 is 35.5 Å². The van der Waals surface area contributed by atoms with Gasteiger partial charge in [0.25, 0.3) is 0 Å². The summed E-state index contributed by atoms with van der Waals surface area (Å²) >= 11 is 6.22. The molecule has 0 aliphatic heterocycles. The van der Waals surface area contributed by atoms with Crippen molar-refractivity contribution in [2.24, 2.45) is 0 Å². The van der Waals surface area contributed by atoms with Crippen molar-refractivity contribution in [1.82, 2.24) is 20.4 Å². The molecule has 1 aromatic heterocycles. The molecule has 1 heterocycles. The molecule has 4 aromatic carbocycles. The standard InChI is InChI=1S/C44H44ClN5O3/c1-3-52-44(51)41-42(46)50(40-13-7-12-35(27(40)2)38-19-15-31-20-29(14-18-37(31)38)24-48-34-16-17-34)49-43(41)53-26-39-32(22-30-9-4-5-11-36(30)39)25-47-23-28-8-6-10-33(45)21-28/h4-15,18-22,34,38-39,47-48H,3,16-17,23-26,46H2,1-2H3. The maximum Gasteiger partial charge on any atom is 0.347 e. The third-order valence-corrected chi connectivity index (χ3v) is 10.7. The molecule has 0 bridgehead atoms. The number of esters is 1. The number of nitrogens with two attached hydrogens (primary N) is 1. The van der Waals surface area contributed by atoms with E-state index in [4.69, 9.17) is 31.9 Å². The summed E-state index contributed by atoms with van der Waals surface area (Å²) < 4.78 is 13.6. The van der Waals surface area contributed by atoms with Crippen molar-refractivity contribution in [1.29, 1.82) is 0 Å². The van der Waals surface area contributed by atoms with Gasteiger partial charge in [0, 0.05) is 42.5 Å². The lowest BCUT2D eigenvalue weighted by Gasteiger charge is -2.18. The van der Waals surface area contributed by atoms with Crippen LogP contribution in [0.1, 0.15) is 86.5 Å². The van der Waals surface area contributed by atoms with Gasteiger partial charge in [0.05, 0.1) is 12.3 Å². The fourth-order valence-corrected chi connectivity index (χ4v) is 7.79. The molecule has 0 saturated heterocycles. The zero-order valence-electron chi connectivity index (χ0n) is 30.1. The summed E-state index contributed by atoms with van der Waals surface area (Å²) in [5.41, 5.74) is 18.3. The number of benzene rings is 4. The highest BCUT2D eigenvalue weighted by molar-refractivity contribution is 6.30. The van der Waals surface area contributed by atoms with Gasteiger partial charge in [-0.05, 0) is 95.0 Å². The van der Waals surface area contributed by atoms with Crippen molar-refractivity contribution in [3.05, 3.63) is 152 Å². The average molecular weight is 726 g/mol. The number of carbonyl (C=O) groups excluding carboxylic acids is 1. The molecule has 2 unspecified atom stereocenters. The molecule has 270 valence electrons. The summed E-state index contributed by atoms with van der Waals surface area (Å²) in [7, 11) is 0. The lowest BCUT2D eigenvalue weighted by atomic mass is 9.89. The maximum atomic E-state index is 13.4. The van der Waals surface area contributed by atoms with Crippen LogP contribution in [-0.4, -0.2) is 41.6 Å². The van der Waals surface area contributed by atoms with Gasteiger partial charge < -0.3 is 25.8 Å². The van der Waals surface area contributed by atoms with E-state index in [9.17, 15) is 4.79 Å². The molecule has 3 aliphatic rings. The molecule has 3 aliphatic carbocycles. The third kappa shape index (κ3) is 7.27. The van der Waals surface area contributed by atoms with E-state index in [-0.39, 0.29) is 42.3 Å². The number of aromatic nitrogens is 2. The summed E-state index contributed by atoms with van der Waals surface area (Å²) in [4.78, 5) is 13.4. The van der Waals surface area contributed by atoms with E-state index in [2.05, 4.69) is 78.2 Å². The van der Waals surface area contributed by atoms with Gasteiger partial charge >= 0.3 is 5.97 Å². The van der Waals surface area contributed by atoms with Crippen LogP contribution >= 0.6 is 11.6 Å². The summed E-state index contributed by atoms with van der Waals surface area (Å²) in [5, 5.41) is 12.8. The molecule has 8 rings (SSSR count). The van der Waals surface area contributed by atoms with Crippen LogP contribution < -0.4 is 21.1 Å². The molecule has 0 amide bonds. The first kappa shape index (κ1) is 34.9. The number of rotatable bonds is 14. The smallest absolute Gasteiger partial charge is 0.347 e. The second kappa shape index (κ2) is 15.1. The van der Waals surface area contributed by atoms with Crippen LogP contribution in [0.3, 0.4) is 0 Å². The second-order valence-electron chi connectivity index (χ2n) is 14.1. The number of hydrogen-bond acceptors (Lipinski definition) is 7. The van der Waals surface area contributed by atoms with Gasteiger partial charge in [-0.1, -0.05) is 96.6 Å². The number of hydrogen-bond donors (Lipinski definition) is 3. The number of allylic oxidation sites excluding steroid dienone is 1. The van der Waals surface area contributed by atoms with Crippen LogP contribution in [0.4, 0.5) is 5.82 Å². The summed E-state index contributed by atoms with van der Waals surface area (Å²) in [6.45, 7) is 6.54. The Labute approximate surface area is 315 Å². The first-order valence-corrected chi connectivity index (χ1v) is 18.8. The molecule has 53 heavy (non-hydrogen) atoms. The molecule has 4 N–H and O–H groups in total. The van der Waals surface area contributed by atoms with Crippen molar-refractivity contribution in [2.75, 3.05) is 25.5 Å². The maximum absolute atomic E-state index is 13.4. The highest BCUT2D eigenvalue weighted by Gasteiger charge is 2.31. The summed E-state index contributed by atoms with van der Waals surface area (Å²) in [6.07, 6.45) is 9.24. The quantitative estimate of drug-likeness (QED) is 0.0989. The van der Waals surface area contributed by atoms with E-state index in [0.717, 1.165) is 40.0 Å². The average Bonchev–Trinajstić information content (AvgIpc) is 3.66. The molecule has 9 heteroatoms. The van der Waals surface area contributed by atoms with Gasteiger partial charge in [-0.25, -0.2) is 9.48 Å². The minimum absolute atomic E-state index is 0.0521. The highest BCUT2D eigenvalue weighted by atomic mass is 35.5. The van der Waals surface area contributed by atoms with Crippen LogP contribution in [0, 0.1) is 6.92 Å². The molecule has 0 radical (unpaired) electrons. The normalized spacial score (nSPS) is 17.1. The Bertz CT molecular complexity index is 2240. The molecule has 8 nitrogen and oxygen atoms in total. The first-order chi connectivity index (χ1) is 25.9. The first-order valence-electron chi connectivity index (χ1n) is 18.4. The van der Waals surface area contributed by atoms with Crippen LogP contribution in [0.5, 0.6) is 5.88 Å². The Morgan fingerprint density at radius 3 is 2.57 bits per heavy atom. The number of anilines is 1. The Kier molecular flexibility index (Phi) is 9.92. The number of nitrogens with zero attached hydrogens (tertiary/aromatic N) is 2. The predicted octanol–water partition coefficient (Wildman–Crippen LogP) is 8.35. The second-order valence-corrected chi connectivity index (χ2v) is 14.5. The van der Waals surface area contributed by atoms with E-state index in [1.807, 2.05) is 42.5 Å². The van der Waals surface area contributed by atoms with E-state index in [0.29, 0.717) is 24.2 Å². The summed E-state index contributed by atoms with van der Waals surface area (Å²) in [6, 6.07) is 29.8. The van der Waals surface area contributed by atoms with Gasteiger partial charge in [0.2, 0.25) is 5.88 Å². The number of carbonyl (C=O) groups is 1. The van der Waals surface area contributed by atoms with Gasteiger partial charge in [0.15, 0.2) is 5.56 Å². The SMILES string of the molecule is CCOC(=O)c1c(OCC2C(CNCc3cccc(Cl)c3)=Cc3ccccc32)nn(-c2cccc(C3C=Cc4cc(CNC5CC5)ccc43)c2C)c1N. The Hall–Kier alpha value is -5.15. The van der Waals surface area contributed by atoms with E-state index < -0.39 is 5.97 Å². The molecule has 0 spiro atoms. The largest absolute Gasteiger partial charge is 0.475 e. The number of halogens is 1. The number of nitrogens with one attached hydrogen (secondary N) is 2. The van der Waals surface area contributed by atoms with Gasteiger partial charge in [-0.2, -0.15) is 0 Å². The van der Waals surface area contributed by atoms with E-state index in [1.165, 1.54) is 35.1 Å². The predicted molar refractivity (Wildman–Crippen MR) is 212 cm³/mol. The zero-order valence-corrected chi connectivity index (χ0v) is 30.8. The lowest BCUT2D eigenvalue weighted by Crippen LogP contribution is -2.21. The number of ether oxygens (including phenoxy) is 2. The Balaban J connectivity index is 1.05. The minimum Gasteiger partial charge on any atom is -0.475 e. The van der Waals surface area contributed by atoms with Gasteiger partial charge in [-0.3, -0.25) is 0 Å².